The minimum atomic E-state index is -0.678. The molecule has 0 N–H and O–H groups in total. The molecule has 2 heterocycles. The summed E-state index contributed by atoms with van der Waals surface area (Å²) in [6.45, 7) is 0.525. The molecule has 9 heteroatoms. The van der Waals surface area contributed by atoms with Gasteiger partial charge in [-0.25, -0.2) is 14.3 Å². The number of benzene rings is 1. The van der Waals surface area contributed by atoms with Crippen molar-refractivity contribution < 1.29 is 14.3 Å². The molecule has 0 aliphatic rings. The average molecular weight is 372 g/mol. The maximum absolute atomic E-state index is 12.9. The van der Waals surface area contributed by atoms with Crippen molar-refractivity contribution in [2.24, 2.45) is 0 Å². The molecule has 27 heavy (non-hydrogen) atoms. The molecule has 1 aromatic carbocycles. The standard InChI is InChI=1S/C18H20N4O5/c1-26-9-8-20-12-19-16-15(20)17(24)22(11-14(23)27-2)18(25)21(16)10-13-6-4-3-5-7-13/h3-7,12H,8-11H2,1-2H3. The Kier molecular flexibility index (Phi) is 5.51. The maximum Gasteiger partial charge on any atom is 0.333 e. The topological polar surface area (TPSA) is 97.4 Å². The van der Waals surface area contributed by atoms with Gasteiger partial charge in [0.25, 0.3) is 5.56 Å². The molecule has 2 aromatic heterocycles. The molecule has 0 unspecified atom stereocenters. The van der Waals surface area contributed by atoms with Crippen LogP contribution in [-0.4, -0.2) is 45.5 Å². The van der Waals surface area contributed by atoms with E-state index in [0.717, 1.165) is 10.1 Å². The number of esters is 1. The Labute approximate surface area is 154 Å². The van der Waals surface area contributed by atoms with Gasteiger partial charge in [0, 0.05) is 13.7 Å². The average Bonchev–Trinajstić information content (AvgIpc) is 3.11. The number of carbonyl (C=O) groups excluding carboxylic acids is 1. The van der Waals surface area contributed by atoms with E-state index in [0.29, 0.717) is 13.2 Å². The van der Waals surface area contributed by atoms with E-state index in [-0.39, 0.29) is 17.7 Å². The predicted molar refractivity (Wildman–Crippen MR) is 97.7 cm³/mol. The number of rotatable bonds is 7. The Hall–Kier alpha value is -3.20. The van der Waals surface area contributed by atoms with Crippen LogP contribution >= 0.6 is 0 Å². The normalized spacial score (nSPS) is 11.0. The molecule has 0 saturated carbocycles. The Morgan fingerprint density at radius 3 is 2.52 bits per heavy atom. The van der Waals surface area contributed by atoms with Crippen LogP contribution < -0.4 is 11.2 Å². The largest absolute Gasteiger partial charge is 0.468 e. The number of fused-ring (bicyclic) bond motifs is 1. The van der Waals surface area contributed by atoms with Gasteiger partial charge in [-0.15, -0.1) is 0 Å². The van der Waals surface area contributed by atoms with E-state index >= 15 is 0 Å². The van der Waals surface area contributed by atoms with Crippen molar-refractivity contribution in [3.05, 3.63) is 63.1 Å². The van der Waals surface area contributed by atoms with Crippen LogP contribution in [0.4, 0.5) is 0 Å². The third-order valence-electron chi connectivity index (χ3n) is 4.22. The van der Waals surface area contributed by atoms with Crippen LogP contribution in [0, 0.1) is 0 Å². The van der Waals surface area contributed by atoms with Gasteiger partial charge in [0.2, 0.25) is 0 Å². The van der Waals surface area contributed by atoms with Crippen LogP contribution in [-0.2, 0) is 33.9 Å². The molecule has 0 aliphatic carbocycles. The molecule has 3 rings (SSSR count). The first-order chi connectivity index (χ1) is 13.1. The number of nitrogens with zero attached hydrogens (tertiary/aromatic N) is 4. The number of ether oxygens (including phenoxy) is 2. The molecule has 0 fully saturated rings. The molecule has 0 radical (unpaired) electrons. The summed E-state index contributed by atoms with van der Waals surface area (Å²) in [5, 5.41) is 0. The number of carbonyl (C=O) groups is 1. The molecule has 142 valence electrons. The van der Waals surface area contributed by atoms with Gasteiger partial charge in [-0.1, -0.05) is 30.3 Å². The Morgan fingerprint density at radius 1 is 1.11 bits per heavy atom. The fraction of sp³-hybridized carbons (Fsp3) is 0.333. The molecule has 0 saturated heterocycles. The zero-order chi connectivity index (χ0) is 19.4. The van der Waals surface area contributed by atoms with E-state index < -0.39 is 23.8 Å². The highest BCUT2D eigenvalue weighted by Gasteiger charge is 2.20. The molecule has 0 bridgehead atoms. The molecule has 9 nitrogen and oxygen atoms in total. The van der Waals surface area contributed by atoms with Crippen LogP contribution in [0.25, 0.3) is 11.2 Å². The monoisotopic (exact) mass is 372 g/mol. The zero-order valence-corrected chi connectivity index (χ0v) is 15.1. The summed E-state index contributed by atoms with van der Waals surface area (Å²) in [6.07, 6.45) is 1.49. The second-order valence-electron chi connectivity index (χ2n) is 5.92. The van der Waals surface area contributed by atoms with Gasteiger partial charge in [0.1, 0.15) is 6.54 Å². The fourth-order valence-electron chi connectivity index (χ4n) is 2.84. The van der Waals surface area contributed by atoms with Crippen LogP contribution in [0.2, 0.25) is 0 Å². The maximum atomic E-state index is 12.9. The summed E-state index contributed by atoms with van der Waals surface area (Å²) in [7, 11) is 2.76. The van der Waals surface area contributed by atoms with Crippen LogP contribution in [0.15, 0.2) is 46.2 Å². The third-order valence-corrected chi connectivity index (χ3v) is 4.22. The number of hydrogen-bond acceptors (Lipinski definition) is 6. The van der Waals surface area contributed by atoms with E-state index in [1.807, 2.05) is 30.3 Å². The van der Waals surface area contributed by atoms with Gasteiger partial charge in [-0.05, 0) is 5.56 Å². The second kappa shape index (κ2) is 8.00. The zero-order valence-electron chi connectivity index (χ0n) is 15.1. The van der Waals surface area contributed by atoms with Crippen molar-refractivity contribution >= 4 is 17.1 Å². The molecule has 0 spiro atoms. The smallest absolute Gasteiger partial charge is 0.333 e. The first-order valence-corrected chi connectivity index (χ1v) is 8.35. The lowest BCUT2D eigenvalue weighted by Gasteiger charge is -2.12. The first-order valence-electron chi connectivity index (χ1n) is 8.35. The lowest BCUT2D eigenvalue weighted by Crippen LogP contribution is -2.42. The van der Waals surface area contributed by atoms with E-state index in [1.54, 1.807) is 11.7 Å². The Balaban J connectivity index is 2.22. The summed E-state index contributed by atoms with van der Waals surface area (Å²) in [5.41, 5.74) is 0.185. The first kappa shape index (κ1) is 18.6. The van der Waals surface area contributed by atoms with Crippen molar-refractivity contribution in [1.29, 1.82) is 0 Å². The second-order valence-corrected chi connectivity index (χ2v) is 5.92. The molecular weight excluding hydrogens is 352 g/mol. The van der Waals surface area contributed by atoms with Gasteiger partial charge >= 0.3 is 11.7 Å². The summed E-state index contributed by atoms with van der Waals surface area (Å²) in [5.74, 6) is -0.678. The Morgan fingerprint density at radius 2 is 1.85 bits per heavy atom. The molecule has 3 aromatic rings. The van der Waals surface area contributed by atoms with Crippen molar-refractivity contribution in [2.45, 2.75) is 19.6 Å². The van der Waals surface area contributed by atoms with Crippen LogP contribution in [0.3, 0.4) is 0 Å². The van der Waals surface area contributed by atoms with Gasteiger partial charge < -0.3 is 14.0 Å². The van der Waals surface area contributed by atoms with Crippen molar-refractivity contribution in [2.75, 3.05) is 20.8 Å². The molecule has 0 aliphatic heterocycles. The fourth-order valence-corrected chi connectivity index (χ4v) is 2.84. The lowest BCUT2D eigenvalue weighted by molar-refractivity contribution is -0.141. The van der Waals surface area contributed by atoms with Gasteiger partial charge in [-0.2, -0.15) is 0 Å². The SMILES string of the molecule is COCCn1cnc2c1c(=O)n(CC(=O)OC)c(=O)n2Cc1ccccc1. The quantitative estimate of drug-likeness (QED) is 0.551. The van der Waals surface area contributed by atoms with E-state index in [1.165, 1.54) is 18.0 Å². The Bertz CT molecular complexity index is 1070. The van der Waals surface area contributed by atoms with Crippen LogP contribution in [0.5, 0.6) is 0 Å². The van der Waals surface area contributed by atoms with Gasteiger partial charge in [-0.3, -0.25) is 14.2 Å². The van der Waals surface area contributed by atoms with Crippen molar-refractivity contribution in [3.8, 4) is 0 Å². The third kappa shape index (κ3) is 3.68. The highest BCUT2D eigenvalue weighted by atomic mass is 16.5. The van der Waals surface area contributed by atoms with E-state index in [9.17, 15) is 14.4 Å². The number of aromatic nitrogens is 4. The minimum absolute atomic E-state index is 0.221. The minimum Gasteiger partial charge on any atom is -0.468 e. The molecular formula is C18H20N4O5. The lowest BCUT2D eigenvalue weighted by atomic mass is 10.2. The number of methoxy groups -OCH3 is 2. The van der Waals surface area contributed by atoms with Gasteiger partial charge in [0.15, 0.2) is 11.2 Å². The summed E-state index contributed by atoms with van der Waals surface area (Å²) >= 11 is 0. The highest BCUT2D eigenvalue weighted by molar-refractivity contribution is 5.72. The van der Waals surface area contributed by atoms with E-state index in [4.69, 9.17) is 4.74 Å². The van der Waals surface area contributed by atoms with Crippen molar-refractivity contribution in [1.82, 2.24) is 18.7 Å². The number of imidazole rings is 1. The number of hydrogen-bond donors (Lipinski definition) is 0. The predicted octanol–water partition coefficient (Wildman–Crippen LogP) is 0.227. The highest BCUT2D eigenvalue weighted by Crippen LogP contribution is 2.10. The molecule has 0 amide bonds. The van der Waals surface area contributed by atoms with E-state index in [2.05, 4.69) is 9.72 Å². The van der Waals surface area contributed by atoms with Gasteiger partial charge in [0.05, 0.1) is 26.6 Å². The summed E-state index contributed by atoms with van der Waals surface area (Å²) < 4.78 is 13.6. The summed E-state index contributed by atoms with van der Waals surface area (Å²) in [4.78, 5) is 41.8. The summed E-state index contributed by atoms with van der Waals surface area (Å²) in [6, 6.07) is 9.34. The van der Waals surface area contributed by atoms with Crippen LogP contribution in [0.1, 0.15) is 5.56 Å². The molecule has 0 atom stereocenters. The van der Waals surface area contributed by atoms with Crippen molar-refractivity contribution in [3.63, 3.8) is 0 Å².